The predicted molar refractivity (Wildman–Crippen MR) is 173 cm³/mol. The van der Waals surface area contributed by atoms with Gasteiger partial charge in [0.2, 0.25) is 0 Å². The van der Waals surface area contributed by atoms with E-state index >= 15 is 0 Å². The Morgan fingerprint density at radius 3 is 1.47 bits per heavy atom. The van der Waals surface area contributed by atoms with E-state index in [2.05, 4.69) is 0 Å². The number of benzene rings is 4. The molecule has 0 atom stereocenters. The Hall–Kier alpha value is -3.24. The lowest BCUT2D eigenvalue weighted by Gasteiger charge is -2.28. The van der Waals surface area contributed by atoms with Gasteiger partial charge in [-0.1, -0.05) is 65.2 Å². The summed E-state index contributed by atoms with van der Waals surface area (Å²) in [7, 11) is -11.4. The van der Waals surface area contributed by atoms with Crippen molar-refractivity contribution in [2.75, 3.05) is 0 Å². The first kappa shape index (κ1) is 31.7. The first-order valence-electron chi connectivity index (χ1n) is 14.6. The van der Waals surface area contributed by atoms with Crippen LogP contribution in [-0.4, -0.2) is 13.9 Å². The average Bonchev–Trinajstić information content (AvgIpc) is 3.14. The molecule has 236 valence electrons. The van der Waals surface area contributed by atoms with Crippen LogP contribution in [0.15, 0.2) is 72.8 Å². The van der Waals surface area contributed by atoms with Crippen LogP contribution in [0.3, 0.4) is 0 Å². The molecule has 1 aliphatic heterocycles. The smallest absolute Gasteiger partial charge is 0.403 e. The van der Waals surface area contributed by atoms with Gasteiger partial charge in [-0.05, 0) is 96.9 Å². The van der Waals surface area contributed by atoms with Gasteiger partial charge < -0.3 is 9.05 Å². The number of rotatable bonds is 4. The van der Waals surface area contributed by atoms with E-state index in [9.17, 15) is 26.2 Å². The molecule has 0 radical (unpaired) electrons. The third kappa shape index (κ3) is 5.69. The van der Waals surface area contributed by atoms with E-state index in [4.69, 9.17) is 9.05 Å². The SMILES string of the molecule is O=P1(NS(=O)(=O)C(F)(F)F)Oc2c(-c3ccccc3)cc3c(c2-c2c4c(cc(-c5ccccc5)c2O1)CCCC4)CCCC3.S. The minimum Gasteiger partial charge on any atom is -0.403 e. The quantitative estimate of drug-likeness (QED) is 0.219. The molecule has 4 aromatic carbocycles. The highest BCUT2D eigenvalue weighted by Crippen LogP contribution is 2.62. The number of nitrogens with one attached hydrogen (secondary N) is 1. The molecule has 0 fully saturated rings. The van der Waals surface area contributed by atoms with Crippen molar-refractivity contribution in [1.29, 1.82) is 0 Å². The normalized spacial score (nSPS) is 16.8. The van der Waals surface area contributed by atoms with Gasteiger partial charge >= 0.3 is 23.3 Å². The van der Waals surface area contributed by atoms with Gasteiger partial charge in [-0.25, -0.2) is 13.0 Å². The Kier molecular flexibility index (Phi) is 8.35. The fourth-order valence-electron chi connectivity index (χ4n) is 6.65. The van der Waals surface area contributed by atoms with E-state index in [1.807, 2.05) is 72.8 Å². The number of alkyl halides is 3. The summed E-state index contributed by atoms with van der Waals surface area (Å²) >= 11 is 0. The standard InChI is InChI=1S/C33H29F3NO5PS.H2S/c34-33(35,36)44(39,40)37-43(38)41-31-27(21-11-3-1-4-12-21)19-23-15-7-9-17-25(23)29(31)30-26-18-10-8-16-24(26)20-28(32(30)42-43)22-13-5-2-6-14-22;/h1-6,11-14,19-20H,7-10,15-18H2,(H,37,38);1H2. The van der Waals surface area contributed by atoms with Crippen LogP contribution in [0.5, 0.6) is 11.5 Å². The summed E-state index contributed by atoms with van der Waals surface area (Å²) in [5.74, 6) is 0.114. The highest BCUT2D eigenvalue weighted by Gasteiger charge is 2.53. The predicted octanol–water partition coefficient (Wildman–Crippen LogP) is 8.88. The van der Waals surface area contributed by atoms with Crippen LogP contribution in [0.1, 0.15) is 47.9 Å². The molecule has 6 nitrogen and oxygen atoms in total. The number of aryl methyl sites for hydroxylation is 2. The molecule has 0 saturated carbocycles. The zero-order chi connectivity index (χ0) is 30.7. The highest BCUT2D eigenvalue weighted by atomic mass is 32.2. The molecule has 2 aliphatic carbocycles. The second kappa shape index (κ2) is 11.8. The van der Waals surface area contributed by atoms with Crippen molar-refractivity contribution >= 4 is 31.3 Å². The fourth-order valence-corrected chi connectivity index (χ4v) is 9.43. The Morgan fingerprint density at radius 1 is 0.667 bits per heavy atom. The van der Waals surface area contributed by atoms with Gasteiger partial charge in [0.15, 0.2) is 0 Å². The van der Waals surface area contributed by atoms with Gasteiger partial charge in [-0.15, -0.1) is 0 Å². The number of sulfonamides is 1. The molecule has 0 unspecified atom stereocenters. The molecule has 0 bridgehead atoms. The third-order valence-corrected chi connectivity index (χ3v) is 11.9. The maximum absolute atomic E-state index is 14.5. The second-order valence-electron chi connectivity index (χ2n) is 11.4. The van der Waals surface area contributed by atoms with Gasteiger partial charge in [0.1, 0.15) is 11.5 Å². The third-order valence-electron chi connectivity index (χ3n) is 8.58. The molecule has 0 aromatic heterocycles. The molecule has 1 N–H and O–H groups in total. The van der Waals surface area contributed by atoms with Gasteiger partial charge in [0, 0.05) is 22.3 Å². The van der Waals surface area contributed by atoms with Crippen LogP contribution in [0.2, 0.25) is 0 Å². The molecular weight excluding hydrogens is 642 g/mol. The molecule has 12 heteroatoms. The Morgan fingerprint density at radius 2 is 1.07 bits per heavy atom. The Bertz CT molecular complexity index is 1820. The van der Waals surface area contributed by atoms with Crippen LogP contribution < -0.4 is 13.5 Å². The maximum atomic E-state index is 14.5. The van der Waals surface area contributed by atoms with E-state index in [1.54, 1.807) is 0 Å². The summed E-state index contributed by atoms with van der Waals surface area (Å²) in [5, 5.41) is 0. The Balaban J connectivity index is 0.00000357. The van der Waals surface area contributed by atoms with Crippen LogP contribution in [-0.2, 0) is 40.3 Å². The summed E-state index contributed by atoms with van der Waals surface area (Å²) < 4.78 is 93.9. The molecule has 0 amide bonds. The van der Waals surface area contributed by atoms with Crippen LogP contribution >= 0.6 is 21.2 Å². The molecule has 45 heavy (non-hydrogen) atoms. The lowest BCUT2D eigenvalue weighted by atomic mass is 9.77. The summed E-state index contributed by atoms with van der Waals surface area (Å²) in [6.07, 6.45) is 6.65. The number of hydrogen-bond acceptors (Lipinski definition) is 5. The lowest BCUT2D eigenvalue weighted by molar-refractivity contribution is -0.0443. The van der Waals surface area contributed by atoms with E-state index in [0.29, 0.717) is 46.2 Å². The summed E-state index contributed by atoms with van der Waals surface area (Å²) in [4.78, 5) is 0. The molecular formula is C33H31F3NO5PS2. The molecule has 3 aliphatic rings. The average molecular weight is 674 g/mol. The van der Waals surface area contributed by atoms with Crippen molar-refractivity contribution in [1.82, 2.24) is 4.49 Å². The minimum atomic E-state index is -6.13. The molecule has 4 aromatic rings. The van der Waals surface area contributed by atoms with Gasteiger partial charge in [-0.2, -0.15) is 26.7 Å². The van der Waals surface area contributed by atoms with Gasteiger partial charge in [0.25, 0.3) is 0 Å². The van der Waals surface area contributed by atoms with Crippen molar-refractivity contribution in [3.05, 3.63) is 95.1 Å². The van der Waals surface area contributed by atoms with E-state index in [1.165, 1.54) is 4.49 Å². The topological polar surface area (TPSA) is 81.7 Å². The van der Waals surface area contributed by atoms with Crippen LogP contribution in [0.25, 0.3) is 33.4 Å². The van der Waals surface area contributed by atoms with E-state index in [0.717, 1.165) is 60.8 Å². The summed E-state index contributed by atoms with van der Waals surface area (Å²) in [6, 6.07) is 22.2. The van der Waals surface area contributed by atoms with Gasteiger partial charge in [0.05, 0.1) is 0 Å². The minimum absolute atomic E-state index is 0. The fraction of sp³-hybridized carbons (Fsp3) is 0.273. The zero-order valence-electron chi connectivity index (χ0n) is 24.1. The molecule has 1 heterocycles. The number of hydrogen-bond donors (Lipinski definition) is 1. The van der Waals surface area contributed by atoms with Crippen molar-refractivity contribution in [2.24, 2.45) is 0 Å². The highest BCUT2D eigenvalue weighted by molar-refractivity contribution is 7.95. The van der Waals surface area contributed by atoms with Crippen molar-refractivity contribution < 1.29 is 35.2 Å². The van der Waals surface area contributed by atoms with Crippen molar-refractivity contribution in [2.45, 2.75) is 56.9 Å². The largest absolute Gasteiger partial charge is 0.526 e. The van der Waals surface area contributed by atoms with Crippen molar-refractivity contribution in [3.63, 3.8) is 0 Å². The second-order valence-corrected chi connectivity index (χ2v) is 15.0. The van der Waals surface area contributed by atoms with E-state index < -0.39 is 23.3 Å². The van der Waals surface area contributed by atoms with E-state index in [-0.39, 0.29) is 25.0 Å². The summed E-state index contributed by atoms with van der Waals surface area (Å²) in [6.45, 7) is 0. The first-order valence-corrected chi connectivity index (χ1v) is 17.7. The maximum Gasteiger partial charge on any atom is 0.526 e. The van der Waals surface area contributed by atoms with Crippen molar-refractivity contribution in [3.8, 4) is 44.9 Å². The van der Waals surface area contributed by atoms with Crippen LogP contribution in [0.4, 0.5) is 13.2 Å². The van der Waals surface area contributed by atoms with Crippen LogP contribution in [0, 0.1) is 0 Å². The monoisotopic (exact) mass is 673 g/mol. The number of halogens is 3. The first-order chi connectivity index (χ1) is 21.0. The molecule has 0 saturated heterocycles. The molecule has 7 rings (SSSR count). The summed E-state index contributed by atoms with van der Waals surface area (Å²) in [5.41, 5.74) is 1.98. The zero-order valence-corrected chi connectivity index (χ0v) is 26.8. The molecule has 0 spiro atoms. The number of fused-ring (bicyclic) bond motifs is 7. The van der Waals surface area contributed by atoms with Gasteiger partial charge in [-0.3, -0.25) is 0 Å². The lowest BCUT2D eigenvalue weighted by Crippen LogP contribution is -2.36. The Labute approximate surface area is 267 Å².